The lowest BCUT2D eigenvalue weighted by Gasteiger charge is -2.44. The normalized spacial score (nSPS) is 23.2. The van der Waals surface area contributed by atoms with Crippen LogP contribution in [0.25, 0.3) is 0 Å². The van der Waals surface area contributed by atoms with Crippen molar-refractivity contribution in [2.75, 3.05) is 53.4 Å². The lowest BCUT2D eigenvalue weighted by atomic mass is 10.0. The summed E-state index contributed by atoms with van der Waals surface area (Å²) in [5.74, 6) is -0.282. The molecule has 0 aromatic heterocycles. The lowest BCUT2D eigenvalue weighted by molar-refractivity contribution is 0.0290. The van der Waals surface area contributed by atoms with Crippen LogP contribution in [0, 0.1) is 0 Å². The van der Waals surface area contributed by atoms with Gasteiger partial charge in [-0.1, -0.05) is 36.4 Å². The van der Waals surface area contributed by atoms with Crippen molar-refractivity contribution in [1.82, 2.24) is 19.6 Å². The van der Waals surface area contributed by atoms with E-state index in [1.165, 1.54) is 23.8 Å². The Morgan fingerprint density at radius 2 is 1.41 bits per heavy atom. The zero-order valence-corrected chi connectivity index (χ0v) is 21.2. The number of benzene rings is 2. The number of rotatable bonds is 7. The number of carbonyl (C=O) groups is 1. The minimum atomic E-state index is -0.282. The highest BCUT2D eigenvalue weighted by atomic mass is 16.5. The quantitative estimate of drug-likeness (QED) is 0.586. The molecule has 2 heterocycles. The fourth-order valence-corrected chi connectivity index (χ4v) is 5.33. The number of piperazine rings is 2. The number of nitrogens with zero attached hydrogens (tertiary/aromatic N) is 4. The molecular weight excluding hydrogens is 424 g/mol. The highest BCUT2D eigenvalue weighted by molar-refractivity contribution is 5.89. The Labute approximate surface area is 205 Å². The van der Waals surface area contributed by atoms with Gasteiger partial charge in [0.15, 0.2) is 0 Å². The van der Waals surface area contributed by atoms with Crippen molar-refractivity contribution < 1.29 is 9.53 Å². The van der Waals surface area contributed by atoms with E-state index in [2.05, 4.69) is 64.8 Å². The minimum absolute atomic E-state index is 0.282. The lowest BCUT2D eigenvalue weighted by Crippen LogP contribution is -2.55. The molecule has 0 unspecified atom stereocenters. The Kier molecular flexibility index (Phi) is 8.37. The zero-order valence-electron chi connectivity index (χ0n) is 21.2. The smallest absolute Gasteiger partial charge is 0.337 e. The van der Waals surface area contributed by atoms with Crippen LogP contribution in [0.2, 0.25) is 0 Å². The van der Waals surface area contributed by atoms with E-state index in [1.807, 2.05) is 24.3 Å². The van der Waals surface area contributed by atoms with Gasteiger partial charge in [0.2, 0.25) is 0 Å². The molecule has 184 valence electrons. The molecule has 2 atom stereocenters. The average Bonchev–Trinajstić information content (AvgIpc) is 2.83. The van der Waals surface area contributed by atoms with Crippen molar-refractivity contribution in [3.05, 3.63) is 70.8 Å². The minimum Gasteiger partial charge on any atom is -0.465 e. The molecule has 4 rings (SSSR count). The van der Waals surface area contributed by atoms with Crippen LogP contribution in [0.5, 0.6) is 0 Å². The van der Waals surface area contributed by atoms with Crippen molar-refractivity contribution in [3.8, 4) is 0 Å². The Bertz CT molecular complexity index is 928. The molecule has 6 heteroatoms. The first-order chi connectivity index (χ1) is 16.4. The molecule has 0 bridgehead atoms. The molecular formula is C28H40N4O2. The molecule has 2 aromatic rings. The summed E-state index contributed by atoms with van der Waals surface area (Å²) in [6.07, 6.45) is 0. The van der Waals surface area contributed by atoms with Crippen LogP contribution in [0.3, 0.4) is 0 Å². The number of ether oxygens (including phenoxy) is 1. The predicted octanol–water partition coefficient (Wildman–Crippen LogP) is 3.32. The van der Waals surface area contributed by atoms with Crippen LogP contribution < -0.4 is 0 Å². The number of hydrogen-bond donors (Lipinski definition) is 0. The second kappa shape index (κ2) is 11.5. The van der Waals surface area contributed by atoms with Gasteiger partial charge in [-0.25, -0.2) is 4.79 Å². The van der Waals surface area contributed by atoms with E-state index in [9.17, 15) is 4.79 Å². The fourth-order valence-electron chi connectivity index (χ4n) is 5.33. The number of esters is 1. The molecule has 2 saturated heterocycles. The third kappa shape index (κ3) is 6.45. The topological polar surface area (TPSA) is 39.3 Å². The summed E-state index contributed by atoms with van der Waals surface area (Å²) in [6.45, 7) is 14.4. The summed E-state index contributed by atoms with van der Waals surface area (Å²) in [7, 11) is 3.63. The van der Waals surface area contributed by atoms with Crippen molar-refractivity contribution >= 4 is 5.97 Å². The van der Waals surface area contributed by atoms with E-state index >= 15 is 0 Å². The van der Waals surface area contributed by atoms with Crippen molar-refractivity contribution in [1.29, 1.82) is 0 Å². The van der Waals surface area contributed by atoms with E-state index < -0.39 is 0 Å². The summed E-state index contributed by atoms with van der Waals surface area (Å²) < 4.78 is 4.81. The number of hydrogen-bond acceptors (Lipinski definition) is 6. The highest BCUT2D eigenvalue weighted by Crippen LogP contribution is 2.22. The summed E-state index contributed by atoms with van der Waals surface area (Å²) >= 11 is 0. The Hall–Kier alpha value is -2.25. The van der Waals surface area contributed by atoms with Crippen LogP contribution in [-0.4, -0.2) is 91.1 Å². The molecule has 2 aliphatic heterocycles. The van der Waals surface area contributed by atoms with Gasteiger partial charge in [0, 0.05) is 71.0 Å². The third-order valence-corrected chi connectivity index (χ3v) is 7.32. The molecule has 34 heavy (non-hydrogen) atoms. The maximum atomic E-state index is 11.7. The molecule has 0 saturated carbocycles. The van der Waals surface area contributed by atoms with Crippen molar-refractivity contribution in [2.24, 2.45) is 0 Å². The maximum Gasteiger partial charge on any atom is 0.337 e. The van der Waals surface area contributed by atoms with Crippen LogP contribution in [0.1, 0.15) is 40.9 Å². The van der Waals surface area contributed by atoms with Crippen LogP contribution in [-0.2, 0) is 24.4 Å². The van der Waals surface area contributed by atoms with Gasteiger partial charge in [-0.2, -0.15) is 0 Å². The van der Waals surface area contributed by atoms with Crippen LogP contribution in [0.15, 0.2) is 48.5 Å². The Balaban J connectivity index is 1.32. The standard InChI is InChI=1S/C28H40N4O2/c1-22-17-31(19-24-8-10-27(11-9-24)28(33)34-4)18-23(2)32(22)21-26-7-5-6-25(16-26)20-30-14-12-29(3)13-15-30/h5-11,16,22-23H,12-15,17-21H2,1-4H3/t22-,23+. The molecule has 2 aromatic carbocycles. The van der Waals surface area contributed by atoms with Crippen molar-refractivity contribution in [3.63, 3.8) is 0 Å². The molecule has 2 fully saturated rings. The van der Waals surface area contributed by atoms with Crippen LogP contribution >= 0.6 is 0 Å². The predicted molar refractivity (Wildman–Crippen MR) is 137 cm³/mol. The Morgan fingerprint density at radius 3 is 2.03 bits per heavy atom. The van der Waals surface area contributed by atoms with Crippen LogP contribution in [0.4, 0.5) is 0 Å². The molecule has 0 aliphatic carbocycles. The monoisotopic (exact) mass is 464 g/mol. The first kappa shape index (κ1) is 24.9. The van der Waals surface area contributed by atoms with Gasteiger partial charge in [0.1, 0.15) is 0 Å². The zero-order chi connectivity index (χ0) is 24.1. The number of carbonyl (C=O) groups excluding carboxylic acids is 1. The van der Waals surface area contributed by atoms with Gasteiger partial charge in [-0.15, -0.1) is 0 Å². The van der Waals surface area contributed by atoms with E-state index in [4.69, 9.17) is 4.74 Å². The van der Waals surface area contributed by atoms with Gasteiger partial charge >= 0.3 is 5.97 Å². The molecule has 0 N–H and O–H groups in total. The second-order valence-corrected chi connectivity index (χ2v) is 10.2. The first-order valence-corrected chi connectivity index (χ1v) is 12.6. The number of methoxy groups -OCH3 is 1. The highest BCUT2D eigenvalue weighted by Gasteiger charge is 2.29. The fraction of sp³-hybridized carbons (Fsp3) is 0.536. The van der Waals surface area contributed by atoms with Gasteiger partial charge in [-0.3, -0.25) is 14.7 Å². The van der Waals surface area contributed by atoms with E-state index in [1.54, 1.807) is 0 Å². The maximum absolute atomic E-state index is 11.7. The Morgan fingerprint density at radius 1 is 0.824 bits per heavy atom. The van der Waals surface area contributed by atoms with Gasteiger partial charge in [0.05, 0.1) is 12.7 Å². The molecule has 0 radical (unpaired) electrons. The van der Waals surface area contributed by atoms with Gasteiger partial charge in [0.25, 0.3) is 0 Å². The van der Waals surface area contributed by atoms with E-state index in [-0.39, 0.29) is 5.97 Å². The molecule has 2 aliphatic rings. The summed E-state index contributed by atoms with van der Waals surface area (Å²) in [5.41, 5.74) is 4.68. The first-order valence-electron chi connectivity index (χ1n) is 12.6. The molecule has 6 nitrogen and oxygen atoms in total. The SMILES string of the molecule is COC(=O)c1ccc(CN2C[C@@H](C)N(Cc3cccc(CN4CCN(C)CC4)c3)[C@@H](C)C2)cc1. The second-order valence-electron chi connectivity index (χ2n) is 10.2. The molecule has 0 spiro atoms. The summed E-state index contributed by atoms with van der Waals surface area (Å²) in [5, 5.41) is 0. The van der Waals surface area contributed by atoms with E-state index in [0.717, 1.165) is 58.9 Å². The van der Waals surface area contributed by atoms with Crippen molar-refractivity contribution in [2.45, 2.75) is 45.6 Å². The average molecular weight is 465 g/mol. The largest absolute Gasteiger partial charge is 0.465 e. The summed E-state index contributed by atoms with van der Waals surface area (Å²) in [4.78, 5) is 21.8. The summed E-state index contributed by atoms with van der Waals surface area (Å²) in [6, 6.07) is 18.0. The molecule has 0 amide bonds. The van der Waals surface area contributed by atoms with Gasteiger partial charge in [-0.05, 0) is 49.7 Å². The third-order valence-electron chi connectivity index (χ3n) is 7.32. The van der Waals surface area contributed by atoms with Gasteiger partial charge < -0.3 is 9.64 Å². The van der Waals surface area contributed by atoms with E-state index in [0.29, 0.717) is 17.6 Å². The number of likely N-dealkylation sites (N-methyl/N-ethyl adjacent to an activating group) is 1.